The monoisotopic (exact) mass is 302 g/mol. The first kappa shape index (κ1) is 14.4. The van der Waals surface area contributed by atoms with Crippen LogP contribution in [0.4, 0.5) is 5.69 Å². The van der Waals surface area contributed by atoms with E-state index < -0.39 is 0 Å². The summed E-state index contributed by atoms with van der Waals surface area (Å²) in [6.07, 6.45) is 1.09. The first-order valence-corrected chi connectivity index (χ1v) is 8.33. The third-order valence-corrected chi connectivity index (χ3v) is 5.52. The molecule has 1 aliphatic rings. The molecule has 1 aliphatic heterocycles. The van der Waals surface area contributed by atoms with Gasteiger partial charge in [-0.05, 0) is 50.4 Å². The summed E-state index contributed by atoms with van der Waals surface area (Å²) in [5, 5.41) is 15.6. The summed E-state index contributed by atoms with van der Waals surface area (Å²) in [5.41, 5.74) is 3.48. The Labute approximate surface area is 130 Å². The largest absolute Gasteiger partial charge is 0.508 e. The zero-order valence-corrected chi connectivity index (χ0v) is 13.6. The molecule has 1 aromatic carbocycles. The zero-order valence-electron chi connectivity index (χ0n) is 12.8. The number of phenolic OH excluding ortho intramolecular Hbond substituents is 1. The Morgan fingerprint density at radius 1 is 1.38 bits per heavy atom. The highest BCUT2D eigenvalue weighted by atomic mass is 32.1. The molecule has 0 saturated heterocycles. The van der Waals surface area contributed by atoms with Crippen molar-refractivity contribution in [1.82, 2.24) is 5.32 Å². The Morgan fingerprint density at radius 2 is 2.19 bits per heavy atom. The van der Waals surface area contributed by atoms with Crippen molar-refractivity contribution in [2.24, 2.45) is 0 Å². The van der Waals surface area contributed by atoms with Gasteiger partial charge in [0.1, 0.15) is 5.75 Å². The fraction of sp³-hybridized carbons (Fsp3) is 0.412. The van der Waals surface area contributed by atoms with Crippen LogP contribution in [0.5, 0.6) is 5.75 Å². The Kier molecular flexibility index (Phi) is 3.91. The van der Waals surface area contributed by atoms with E-state index in [-0.39, 0.29) is 6.04 Å². The van der Waals surface area contributed by atoms with Gasteiger partial charge in [0.05, 0.1) is 6.04 Å². The second kappa shape index (κ2) is 5.70. The second-order valence-electron chi connectivity index (χ2n) is 5.67. The molecule has 1 aromatic heterocycles. The van der Waals surface area contributed by atoms with Crippen LogP contribution < -0.4 is 10.2 Å². The standard InChI is InChI=1S/C17H22N2OS/c1-11(18-3)14-5-4-13(10-16(14)20)19-8-6-17-15(12(19)2)7-9-21-17/h4-5,7,9-12,18,20H,6,8H2,1-3H3. The molecule has 0 saturated carbocycles. The van der Waals surface area contributed by atoms with E-state index in [1.54, 1.807) is 0 Å². The molecule has 4 heteroatoms. The van der Waals surface area contributed by atoms with E-state index in [1.807, 2.05) is 30.5 Å². The molecule has 112 valence electrons. The van der Waals surface area contributed by atoms with Crippen LogP contribution in [0.3, 0.4) is 0 Å². The van der Waals surface area contributed by atoms with Crippen LogP contribution in [0.15, 0.2) is 29.6 Å². The summed E-state index contributed by atoms with van der Waals surface area (Å²) < 4.78 is 0. The number of benzene rings is 1. The lowest BCUT2D eigenvalue weighted by molar-refractivity contribution is 0.457. The summed E-state index contributed by atoms with van der Waals surface area (Å²) in [6.45, 7) is 5.30. The van der Waals surface area contributed by atoms with Gasteiger partial charge >= 0.3 is 0 Å². The fourth-order valence-electron chi connectivity index (χ4n) is 3.09. The van der Waals surface area contributed by atoms with Crippen molar-refractivity contribution in [2.75, 3.05) is 18.5 Å². The molecule has 2 heterocycles. The number of thiophene rings is 1. The third kappa shape index (κ3) is 2.54. The lowest BCUT2D eigenvalue weighted by Gasteiger charge is -2.36. The van der Waals surface area contributed by atoms with Gasteiger partial charge < -0.3 is 15.3 Å². The van der Waals surface area contributed by atoms with E-state index in [2.05, 4.69) is 41.6 Å². The molecule has 2 unspecified atom stereocenters. The Balaban J connectivity index is 1.90. The molecule has 0 aliphatic carbocycles. The summed E-state index contributed by atoms with van der Waals surface area (Å²) >= 11 is 1.85. The third-order valence-electron chi connectivity index (χ3n) is 4.52. The van der Waals surface area contributed by atoms with Gasteiger partial charge in [0.15, 0.2) is 0 Å². The molecule has 2 aromatic rings. The molecule has 2 N–H and O–H groups in total. The van der Waals surface area contributed by atoms with Crippen molar-refractivity contribution < 1.29 is 5.11 Å². The van der Waals surface area contributed by atoms with Crippen LogP contribution >= 0.6 is 11.3 Å². The van der Waals surface area contributed by atoms with Crippen molar-refractivity contribution in [1.29, 1.82) is 0 Å². The average Bonchev–Trinajstić information content (AvgIpc) is 2.96. The van der Waals surface area contributed by atoms with E-state index >= 15 is 0 Å². The molecule has 2 atom stereocenters. The number of aromatic hydroxyl groups is 1. The topological polar surface area (TPSA) is 35.5 Å². The van der Waals surface area contributed by atoms with E-state index in [0.717, 1.165) is 24.2 Å². The number of anilines is 1. The minimum atomic E-state index is 0.154. The second-order valence-corrected chi connectivity index (χ2v) is 6.67. The van der Waals surface area contributed by atoms with Gasteiger partial charge in [-0.3, -0.25) is 0 Å². The maximum atomic E-state index is 10.3. The number of fused-ring (bicyclic) bond motifs is 1. The summed E-state index contributed by atoms with van der Waals surface area (Å²) in [6, 6.07) is 8.80. The highest BCUT2D eigenvalue weighted by Crippen LogP contribution is 2.38. The molecule has 0 radical (unpaired) electrons. The van der Waals surface area contributed by atoms with Crippen LogP contribution in [0, 0.1) is 0 Å². The average molecular weight is 302 g/mol. The lowest BCUT2D eigenvalue weighted by Crippen LogP contribution is -2.33. The molecular formula is C17H22N2OS. The summed E-state index contributed by atoms with van der Waals surface area (Å²) in [7, 11) is 1.91. The van der Waals surface area contributed by atoms with Crippen LogP contribution in [-0.4, -0.2) is 18.7 Å². The quantitative estimate of drug-likeness (QED) is 0.904. The van der Waals surface area contributed by atoms with Gasteiger partial charge in [-0.25, -0.2) is 0 Å². The van der Waals surface area contributed by atoms with Gasteiger partial charge in [-0.2, -0.15) is 0 Å². The Hall–Kier alpha value is -1.52. The van der Waals surface area contributed by atoms with Crippen LogP contribution in [-0.2, 0) is 6.42 Å². The molecule has 0 fully saturated rings. The van der Waals surface area contributed by atoms with Crippen molar-refractivity contribution in [3.63, 3.8) is 0 Å². The van der Waals surface area contributed by atoms with Crippen molar-refractivity contribution in [3.8, 4) is 5.75 Å². The van der Waals surface area contributed by atoms with Gasteiger partial charge in [0.2, 0.25) is 0 Å². The van der Waals surface area contributed by atoms with Crippen molar-refractivity contribution >= 4 is 17.0 Å². The van der Waals surface area contributed by atoms with Crippen molar-refractivity contribution in [2.45, 2.75) is 32.4 Å². The fourth-order valence-corrected chi connectivity index (χ4v) is 4.06. The minimum Gasteiger partial charge on any atom is -0.508 e. The molecule has 0 bridgehead atoms. The first-order valence-electron chi connectivity index (χ1n) is 7.45. The smallest absolute Gasteiger partial charge is 0.122 e. The van der Waals surface area contributed by atoms with Gasteiger partial charge in [0, 0.05) is 34.8 Å². The SMILES string of the molecule is CNC(C)c1ccc(N2CCc3sccc3C2C)cc1O. The number of hydrogen-bond donors (Lipinski definition) is 2. The van der Waals surface area contributed by atoms with E-state index in [1.165, 1.54) is 10.4 Å². The van der Waals surface area contributed by atoms with E-state index in [4.69, 9.17) is 0 Å². The van der Waals surface area contributed by atoms with E-state index in [0.29, 0.717) is 11.8 Å². The van der Waals surface area contributed by atoms with Gasteiger partial charge in [0.25, 0.3) is 0 Å². The maximum Gasteiger partial charge on any atom is 0.122 e. The first-order chi connectivity index (χ1) is 10.1. The predicted molar refractivity (Wildman–Crippen MR) is 89.4 cm³/mol. The normalized spacial score (nSPS) is 19.4. The van der Waals surface area contributed by atoms with Gasteiger partial charge in [-0.15, -0.1) is 11.3 Å². The molecule has 0 spiro atoms. The summed E-state index contributed by atoms with van der Waals surface area (Å²) in [4.78, 5) is 3.88. The van der Waals surface area contributed by atoms with Gasteiger partial charge in [-0.1, -0.05) is 6.07 Å². The molecule has 3 nitrogen and oxygen atoms in total. The number of nitrogens with one attached hydrogen (secondary N) is 1. The minimum absolute atomic E-state index is 0.154. The molecular weight excluding hydrogens is 280 g/mol. The highest BCUT2D eigenvalue weighted by Gasteiger charge is 2.25. The van der Waals surface area contributed by atoms with E-state index in [9.17, 15) is 5.11 Å². The molecule has 0 amide bonds. The maximum absolute atomic E-state index is 10.3. The predicted octanol–water partition coefficient (Wildman–Crippen LogP) is 3.86. The highest BCUT2D eigenvalue weighted by molar-refractivity contribution is 7.10. The molecule has 21 heavy (non-hydrogen) atoms. The number of hydrogen-bond acceptors (Lipinski definition) is 4. The number of phenols is 1. The van der Waals surface area contributed by atoms with Crippen molar-refractivity contribution in [3.05, 3.63) is 45.6 Å². The van der Waals surface area contributed by atoms with Crippen LogP contribution in [0.2, 0.25) is 0 Å². The number of nitrogens with zero attached hydrogens (tertiary/aromatic N) is 1. The Morgan fingerprint density at radius 3 is 2.90 bits per heavy atom. The Bertz CT molecular complexity index is 637. The van der Waals surface area contributed by atoms with Crippen LogP contribution in [0.1, 0.15) is 41.9 Å². The number of rotatable bonds is 3. The zero-order chi connectivity index (χ0) is 15.0. The summed E-state index contributed by atoms with van der Waals surface area (Å²) in [5.74, 6) is 0.373. The molecule has 3 rings (SSSR count). The van der Waals surface area contributed by atoms with Crippen LogP contribution in [0.25, 0.3) is 0 Å². The lowest BCUT2D eigenvalue weighted by atomic mass is 9.99.